The van der Waals surface area contributed by atoms with Gasteiger partial charge in [0.05, 0.1) is 16.1 Å². The highest BCUT2D eigenvalue weighted by Crippen LogP contribution is 2.32. The maximum absolute atomic E-state index is 13.4. The Balaban J connectivity index is 1.55. The summed E-state index contributed by atoms with van der Waals surface area (Å²) in [6, 6.07) is 3.99. The van der Waals surface area contributed by atoms with Gasteiger partial charge in [0.25, 0.3) is 17.5 Å². The van der Waals surface area contributed by atoms with Gasteiger partial charge in [0.15, 0.2) is 0 Å². The summed E-state index contributed by atoms with van der Waals surface area (Å²) < 4.78 is 0. The first-order valence-corrected chi connectivity index (χ1v) is 10.9. The van der Waals surface area contributed by atoms with Crippen molar-refractivity contribution < 1.29 is 19.3 Å². The van der Waals surface area contributed by atoms with E-state index in [1.165, 1.54) is 25.0 Å². The summed E-state index contributed by atoms with van der Waals surface area (Å²) in [5.74, 6) is -1.36. The molecule has 2 fully saturated rings. The summed E-state index contributed by atoms with van der Waals surface area (Å²) >= 11 is 0. The molecule has 1 heterocycles. The molecule has 0 N–H and O–H groups in total. The van der Waals surface area contributed by atoms with Gasteiger partial charge in [0.2, 0.25) is 5.91 Å². The maximum atomic E-state index is 13.4. The highest BCUT2D eigenvalue weighted by molar-refractivity contribution is 6.22. The Bertz CT molecular complexity index is 854. The van der Waals surface area contributed by atoms with E-state index in [4.69, 9.17) is 0 Å². The molecule has 0 spiro atoms. The van der Waals surface area contributed by atoms with Crippen LogP contribution < -0.4 is 0 Å². The number of non-ortho nitro benzene ring substituents is 1. The quantitative estimate of drug-likeness (QED) is 0.416. The van der Waals surface area contributed by atoms with E-state index in [2.05, 4.69) is 0 Å². The molecule has 1 aliphatic heterocycles. The largest absolute Gasteiger partial charge is 0.335 e. The highest BCUT2D eigenvalue weighted by atomic mass is 16.6. The number of nitrogens with zero attached hydrogens (tertiary/aromatic N) is 3. The lowest BCUT2D eigenvalue weighted by Crippen LogP contribution is -2.52. The van der Waals surface area contributed by atoms with Crippen LogP contribution in [0.2, 0.25) is 0 Å². The summed E-state index contributed by atoms with van der Waals surface area (Å²) in [4.78, 5) is 52.3. The van der Waals surface area contributed by atoms with Crippen molar-refractivity contribution in [2.45, 2.75) is 76.3 Å². The zero-order valence-corrected chi connectivity index (χ0v) is 17.0. The third kappa shape index (κ3) is 3.82. The second-order valence-corrected chi connectivity index (χ2v) is 8.57. The molecule has 0 unspecified atom stereocenters. The molecular formula is C22H27N3O5. The molecule has 0 bridgehead atoms. The van der Waals surface area contributed by atoms with E-state index in [0.717, 1.165) is 62.3 Å². The van der Waals surface area contributed by atoms with Crippen molar-refractivity contribution >= 4 is 23.4 Å². The summed E-state index contributed by atoms with van der Waals surface area (Å²) in [5.41, 5.74) is -0.113. The predicted molar refractivity (Wildman–Crippen MR) is 109 cm³/mol. The standard InChI is InChI=1S/C22H27N3O5/c26-20(24(15-7-3-1-4-8-15)16-9-5-2-6-10-16)14-23-21(27)18-12-11-17(25(29)30)13-19(18)22(23)28/h11-13,15-16H,1-10,14H2. The molecule has 2 aliphatic carbocycles. The van der Waals surface area contributed by atoms with Crippen molar-refractivity contribution in [3.8, 4) is 0 Å². The van der Waals surface area contributed by atoms with Crippen LogP contribution in [0.25, 0.3) is 0 Å². The number of nitro groups is 1. The number of benzene rings is 1. The lowest BCUT2D eigenvalue weighted by molar-refractivity contribution is -0.384. The lowest BCUT2D eigenvalue weighted by Gasteiger charge is -2.42. The van der Waals surface area contributed by atoms with Crippen LogP contribution >= 0.6 is 0 Å². The first kappa shape index (κ1) is 20.5. The number of hydrogen-bond donors (Lipinski definition) is 0. The first-order chi connectivity index (χ1) is 14.5. The Morgan fingerprint density at radius 1 is 0.933 bits per heavy atom. The van der Waals surface area contributed by atoms with E-state index in [9.17, 15) is 24.5 Å². The fourth-order valence-corrected chi connectivity index (χ4v) is 5.18. The predicted octanol–water partition coefficient (Wildman–Crippen LogP) is 3.68. The minimum Gasteiger partial charge on any atom is -0.335 e. The van der Waals surface area contributed by atoms with Crippen molar-refractivity contribution in [2.24, 2.45) is 0 Å². The van der Waals surface area contributed by atoms with Gasteiger partial charge in [-0.15, -0.1) is 0 Å². The average Bonchev–Trinajstić information content (AvgIpc) is 3.00. The molecule has 1 aromatic carbocycles. The average molecular weight is 413 g/mol. The SMILES string of the molecule is O=C1c2ccc([N+](=O)[O-])cc2C(=O)N1CC(=O)N(C1CCCCC1)C1CCCCC1. The van der Waals surface area contributed by atoms with Crippen LogP contribution in [-0.4, -0.2) is 51.1 Å². The van der Waals surface area contributed by atoms with Gasteiger partial charge in [-0.05, 0) is 31.7 Å². The third-order valence-electron chi connectivity index (χ3n) is 6.68. The molecule has 4 rings (SSSR count). The van der Waals surface area contributed by atoms with E-state index < -0.39 is 16.7 Å². The molecule has 0 atom stereocenters. The van der Waals surface area contributed by atoms with Crippen molar-refractivity contribution in [3.63, 3.8) is 0 Å². The Morgan fingerprint density at radius 2 is 1.47 bits per heavy atom. The monoisotopic (exact) mass is 413 g/mol. The van der Waals surface area contributed by atoms with Gasteiger partial charge in [-0.1, -0.05) is 38.5 Å². The van der Waals surface area contributed by atoms with Gasteiger partial charge in [-0.25, -0.2) is 0 Å². The van der Waals surface area contributed by atoms with Gasteiger partial charge in [-0.2, -0.15) is 0 Å². The molecule has 8 heteroatoms. The molecular weight excluding hydrogens is 386 g/mol. The lowest BCUT2D eigenvalue weighted by atomic mass is 9.88. The highest BCUT2D eigenvalue weighted by Gasteiger charge is 2.40. The van der Waals surface area contributed by atoms with Crippen LogP contribution in [0.5, 0.6) is 0 Å². The Kier molecular flexibility index (Phi) is 5.83. The minimum absolute atomic E-state index is 0.00360. The van der Waals surface area contributed by atoms with Crippen molar-refractivity contribution in [1.82, 2.24) is 9.80 Å². The number of carbonyl (C=O) groups is 3. The van der Waals surface area contributed by atoms with Gasteiger partial charge < -0.3 is 4.90 Å². The second kappa shape index (κ2) is 8.53. The normalized spacial score (nSPS) is 20.3. The number of imide groups is 1. The van der Waals surface area contributed by atoms with Crippen LogP contribution in [0.1, 0.15) is 84.9 Å². The molecule has 8 nitrogen and oxygen atoms in total. The Morgan fingerprint density at radius 3 is 2.00 bits per heavy atom. The van der Waals surface area contributed by atoms with E-state index in [-0.39, 0.29) is 41.3 Å². The maximum Gasteiger partial charge on any atom is 0.270 e. The fraction of sp³-hybridized carbons (Fsp3) is 0.591. The molecule has 3 amide bonds. The smallest absolute Gasteiger partial charge is 0.270 e. The zero-order chi connectivity index (χ0) is 21.3. The first-order valence-electron chi connectivity index (χ1n) is 10.9. The van der Waals surface area contributed by atoms with Crippen LogP contribution in [-0.2, 0) is 4.79 Å². The molecule has 160 valence electrons. The number of fused-ring (bicyclic) bond motifs is 1. The van der Waals surface area contributed by atoms with Crippen LogP contribution in [0, 0.1) is 10.1 Å². The molecule has 2 saturated carbocycles. The molecule has 1 aromatic rings. The second-order valence-electron chi connectivity index (χ2n) is 8.57. The van der Waals surface area contributed by atoms with E-state index >= 15 is 0 Å². The van der Waals surface area contributed by atoms with Gasteiger partial charge in [0.1, 0.15) is 6.54 Å². The topological polar surface area (TPSA) is 101 Å². The molecule has 0 saturated heterocycles. The van der Waals surface area contributed by atoms with Gasteiger partial charge >= 0.3 is 0 Å². The number of carbonyl (C=O) groups excluding carboxylic acids is 3. The van der Waals surface area contributed by atoms with Crippen LogP contribution in [0.15, 0.2) is 18.2 Å². The molecule has 0 radical (unpaired) electrons. The molecule has 0 aromatic heterocycles. The Labute approximate surface area is 175 Å². The van der Waals surface area contributed by atoms with Crippen molar-refractivity contribution in [2.75, 3.05) is 6.54 Å². The van der Waals surface area contributed by atoms with Crippen molar-refractivity contribution in [3.05, 3.63) is 39.4 Å². The van der Waals surface area contributed by atoms with Crippen LogP contribution in [0.3, 0.4) is 0 Å². The molecule has 30 heavy (non-hydrogen) atoms. The summed E-state index contributed by atoms with van der Waals surface area (Å²) in [6.07, 6.45) is 10.6. The number of nitro benzene ring substituents is 1. The zero-order valence-electron chi connectivity index (χ0n) is 17.0. The number of amides is 3. The number of hydrogen-bond acceptors (Lipinski definition) is 5. The number of rotatable bonds is 5. The van der Waals surface area contributed by atoms with E-state index in [1.807, 2.05) is 4.90 Å². The van der Waals surface area contributed by atoms with Crippen molar-refractivity contribution in [1.29, 1.82) is 0 Å². The Hall–Kier alpha value is -2.77. The summed E-state index contributed by atoms with van der Waals surface area (Å²) in [5, 5.41) is 11.0. The summed E-state index contributed by atoms with van der Waals surface area (Å²) in [7, 11) is 0. The summed E-state index contributed by atoms with van der Waals surface area (Å²) in [6.45, 7) is -0.298. The minimum atomic E-state index is -0.626. The van der Waals surface area contributed by atoms with Crippen LogP contribution in [0.4, 0.5) is 5.69 Å². The van der Waals surface area contributed by atoms with E-state index in [0.29, 0.717) is 0 Å². The van der Waals surface area contributed by atoms with Gasteiger partial charge in [-0.3, -0.25) is 29.4 Å². The van der Waals surface area contributed by atoms with E-state index in [1.54, 1.807) is 0 Å². The third-order valence-corrected chi connectivity index (χ3v) is 6.68. The van der Waals surface area contributed by atoms with Gasteiger partial charge in [0, 0.05) is 24.2 Å². The fourth-order valence-electron chi connectivity index (χ4n) is 5.18. The molecule has 3 aliphatic rings.